The van der Waals surface area contributed by atoms with Crippen LogP contribution in [0.1, 0.15) is 5.56 Å². The fourth-order valence-corrected chi connectivity index (χ4v) is 5.12. The van der Waals surface area contributed by atoms with Crippen LogP contribution in [0.2, 0.25) is 0 Å². The summed E-state index contributed by atoms with van der Waals surface area (Å²) in [4.78, 5) is 30.5. The number of aliphatic hydroxyl groups is 2. The van der Waals surface area contributed by atoms with Crippen molar-refractivity contribution in [1.82, 2.24) is 10.3 Å². The number of hydrogen-bond acceptors (Lipinski definition) is 9. The molecule has 2 unspecified atom stereocenters. The van der Waals surface area contributed by atoms with Gasteiger partial charge >= 0.3 is 6.09 Å². The molecular weight excluding hydrogens is 503 g/mol. The Hall–Kier alpha value is -3.45. The zero-order valence-corrected chi connectivity index (χ0v) is 20.6. The van der Waals surface area contributed by atoms with Crippen molar-refractivity contribution in [1.29, 1.82) is 0 Å². The fraction of sp³-hybridized carbons (Fsp3) is 0.320. The highest BCUT2D eigenvalue weighted by Gasteiger charge is 2.39. The molecule has 1 saturated heterocycles. The Morgan fingerprint density at radius 1 is 1.30 bits per heavy atom. The number of benzene rings is 2. The molecule has 1 aromatic heterocycles. The number of carbonyl (C=O) groups excluding carboxylic acids is 2. The van der Waals surface area contributed by atoms with Crippen LogP contribution in [-0.2, 0) is 16.1 Å². The average Bonchev–Trinajstić information content (AvgIpc) is 3.29. The molecule has 3 aromatic rings. The van der Waals surface area contributed by atoms with Crippen LogP contribution in [0, 0.1) is 5.82 Å². The number of aromatic nitrogens is 1. The molecule has 37 heavy (non-hydrogen) atoms. The second-order valence-corrected chi connectivity index (χ2v) is 9.72. The molecule has 10 nitrogen and oxygen atoms in total. The minimum Gasteiger partial charge on any atom is -0.497 e. The van der Waals surface area contributed by atoms with Crippen molar-refractivity contribution in [3.63, 3.8) is 0 Å². The predicted octanol–water partition coefficient (Wildman–Crippen LogP) is 2.26. The zero-order valence-electron chi connectivity index (χ0n) is 19.8. The van der Waals surface area contributed by atoms with Crippen LogP contribution in [0.5, 0.6) is 5.75 Å². The molecule has 0 radical (unpaired) electrons. The maximum Gasteiger partial charge on any atom is 0.414 e. The molecule has 194 valence electrons. The number of thioether (sulfide) groups is 1. The highest BCUT2D eigenvalue weighted by atomic mass is 32.2. The lowest BCUT2D eigenvalue weighted by Crippen LogP contribution is -2.44. The molecule has 0 aliphatic carbocycles. The predicted molar refractivity (Wildman–Crippen MR) is 135 cm³/mol. The maximum atomic E-state index is 14.5. The van der Waals surface area contributed by atoms with Gasteiger partial charge in [-0.25, -0.2) is 9.18 Å². The number of aliphatic hydroxyl groups excluding tert-OH is 2. The lowest BCUT2D eigenvalue weighted by atomic mass is 10.1. The molecule has 3 heterocycles. The normalized spacial score (nSPS) is 18.8. The third-order valence-corrected chi connectivity index (χ3v) is 7.38. The van der Waals surface area contributed by atoms with Gasteiger partial charge in [0.2, 0.25) is 5.91 Å². The van der Waals surface area contributed by atoms with Crippen molar-refractivity contribution in [3.05, 3.63) is 54.0 Å². The molecule has 2 aliphatic rings. The van der Waals surface area contributed by atoms with Crippen LogP contribution in [0.15, 0.2) is 47.5 Å². The monoisotopic (exact) mass is 528 g/mol. The Kier molecular flexibility index (Phi) is 7.15. The fourth-order valence-electron chi connectivity index (χ4n) is 4.33. The Balaban J connectivity index is 1.21. The van der Waals surface area contributed by atoms with E-state index in [2.05, 4.69) is 15.6 Å². The van der Waals surface area contributed by atoms with Crippen LogP contribution in [-0.4, -0.2) is 71.5 Å². The molecule has 2 amide bonds. The summed E-state index contributed by atoms with van der Waals surface area (Å²) in [6.07, 6.45) is -3.18. The summed E-state index contributed by atoms with van der Waals surface area (Å²) in [5.74, 6) is 0.255. The third kappa shape index (κ3) is 5.18. The number of rotatable bonds is 8. The zero-order chi connectivity index (χ0) is 26.1. The van der Waals surface area contributed by atoms with Gasteiger partial charge in [-0.2, -0.15) is 0 Å². The second kappa shape index (κ2) is 10.5. The maximum absolute atomic E-state index is 14.5. The quantitative estimate of drug-likeness (QED) is 0.347. The first-order chi connectivity index (χ1) is 17.8. The number of pyridine rings is 1. The summed E-state index contributed by atoms with van der Waals surface area (Å²) in [5.41, 5.74) is 2.05. The first kappa shape index (κ1) is 25.2. The highest BCUT2D eigenvalue weighted by Crippen LogP contribution is 2.35. The molecule has 4 N–H and O–H groups in total. The van der Waals surface area contributed by atoms with E-state index in [9.17, 15) is 24.2 Å². The molecule has 3 atom stereocenters. The van der Waals surface area contributed by atoms with Gasteiger partial charge in [0.25, 0.3) is 0 Å². The molecule has 2 aromatic carbocycles. The lowest BCUT2D eigenvalue weighted by Gasteiger charge is -2.23. The second-order valence-electron chi connectivity index (χ2n) is 8.71. The first-order valence-corrected chi connectivity index (χ1v) is 12.6. The van der Waals surface area contributed by atoms with Gasteiger partial charge in [-0.05, 0) is 36.4 Å². The standard InChI is InChI=1S/C25H25FN4O6S/c1-35-14-3-4-18-15(7-14)16(17(26)9-28-18)8-27-10-20(31)24(33)21-11-30(25(34)36-21)13-2-5-22-19(6-13)29-23(32)12-37-22/h2-7,9,20-21,24,27,31,33H,8,10-12H2,1H3,(H,29,32)/t20?,21-,24?/m0/s1. The molecule has 2 aliphatic heterocycles. The number of amides is 2. The first-order valence-electron chi connectivity index (χ1n) is 11.6. The van der Waals surface area contributed by atoms with Crippen LogP contribution in [0.3, 0.4) is 0 Å². The number of carbonyl (C=O) groups is 2. The van der Waals surface area contributed by atoms with Crippen LogP contribution in [0.25, 0.3) is 10.9 Å². The number of anilines is 2. The molecule has 12 heteroatoms. The van der Waals surface area contributed by atoms with Crippen LogP contribution >= 0.6 is 11.8 Å². The van der Waals surface area contributed by atoms with E-state index in [0.717, 1.165) is 11.1 Å². The molecule has 0 bridgehead atoms. The van der Waals surface area contributed by atoms with E-state index in [4.69, 9.17) is 9.47 Å². The van der Waals surface area contributed by atoms with Gasteiger partial charge in [0.05, 0.1) is 42.9 Å². The Bertz CT molecular complexity index is 1360. The van der Waals surface area contributed by atoms with E-state index in [0.29, 0.717) is 39.3 Å². The van der Waals surface area contributed by atoms with E-state index in [1.54, 1.807) is 30.3 Å². The minimum absolute atomic E-state index is 0.0142. The van der Waals surface area contributed by atoms with Crippen molar-refractivity contribution in [2.24, 2.45) is 0 Å². The van der Waals surface area contributed by atoms with Gasteiger partial charge in [-0.15, -0.1) is 11.8 Å². The summed E-state index contributed by atoms with van der Waals surface area (Å²) >= 11 is 1.41. The number of halogens is 1. The number of hydrogen-bond donors (Lipinski definition) is 4. The minimum atomic E-state index is -1.38. The SMILES string of the molecule is COc1ccc2ncc(F)c(CNCC(O)C(O)[C@@H]3CN(c4ccc5c(c4)NC(=O)CS5)C(=O)O3)c2c1. The number of nitrogens with one attached hydrogen (secondary N) is 2. The van der Waals surface area contributed by atoms with Crippen molar-refractivity contribution in [3.8, 4) is 5.75 Å². The lowest BCUT2D eigenvalue weighted by molar-refractivity contribution is -0.113. The molecule has 1 fully saturated rings. The van der Waals surface area contributed by atoms with Crippen molar-refractivity contribution >= 4 is 46.0 Å². The number of ether oxygens (including phenoxy) is 2. The van der Waals surface area contributed by atoms with Gasteiger partial charge < -0.3 is 30.3 Å². The topological polar surface area (TPSA) is 133 Å². The summed E-state index contributed by atoms with van der Waals surface area (Å²) < 4.78 is 25.1. The summed E-state index contributed by atoms with van der Waals surface area (Å²) in [6.45, 7) is 0.00211. The van der Waals surface area contributed by atoms with E-state index in [1.807, 2.05) is 6.07 Å². The summed E-state index contributed by atoms with van der Waals surface area (Å²) in [7, 11) is 1.52. The molecule has 0 spiro atoms. The van der Waals surface area contributed by atoms with E-state index < -0.39 is 30.2 Å². The van der Waals surface area contributed by atoms with Crippen molar-refractivity contribution in [2.45, 2.75) is 29.8 Å². The van der Waals surface area contributed by atoms with E-state index >= 15 is 0 Å². The largest absolute Gasteiger partial charge is 0.497 e. The number of methoxy groups -OCH3 is 1. The highest BCUT2D eigenvalue weighted by molar-refractivity contribution is 8.00. The Morgan fingerprint density at radius 3 is 2.95 bits per heavy atom. The molecule has 0 saturated carbocycles. The molecular formula is C25H25FN4O6S. The van der Waals surface area contributed by atoms with E-state index in [-0.39, 0.29) is 25.5 Å². The van der Waals surface area contributed by atoms with Crippen LogP contribution < -0.4 is 20.3 Å². The van der Waals surface area contributed by atoms with E-state index in [1.165, 1.54) is 23.8 Å². The average molecular weight is 529 g/mol. The van der Waals surface area contributed by atoms with Gasteiger partial charge in [0, 0.05) is 34.6 Å². The number of nitrogens with zero attached hydrogens (tertiary/aromatic N) is 2. The van der Waals surface area contributed by atoms with Gasteiger partial charge in [0.15, 0.2) is 6.10 Å². The molecule has 5 rings (SSSR count). The smallest absolute Gasteiger partial charge is 0.414 e. The third-order valence-electron chi connectivity index (χ3n) is 6.31. The van der Waals surface area contributed by atoms with Crippen LogP contribution in [0.4, 0.5) is 20.6 Å². The van der Waals surface area contributed by atoms with Gasteiger partial charge in [0.1, 0.15) is 17.7 Å². The Labute approximate surface area is 215 Å². The van der Waals surface area contributed by atoms with Gasteiger partial charge in [-0.3, -0.25) is 14.7 Å². The number of cyclic esters (lactones) is 1. The summed E-state index contributed by atoms with van der Waals surface area (Å²) in [5, 5.41) is 27.5. The van der Waals surface area contributed by atoms with Gasteiger partial charge in [-0.1, -0.05) is 0 Å². The summed E-state index contributed by atoms with van der Waals surface area (Å²) in [6, 6.07) is 10.4. The number of fused-ring (bicyclic) bond motifs is 2. The van der Waals surface area contributed by atoms with Crippen molar-refractivity contribution < 1.29 is 33.7 Å². The Morgan fingerprint density at radius 2 is 2.14 bits per heavy atom. The van der Waals surface area contributed by atoms with Crippen molar-refractivity contribution in [2.75, 3.05) is 36.2 Å².